The van der Waals surface area contributed by atoms with E-state index in [1.165, 1.54) is 5.56 Å². The van der Waals surface area contributed by atoms with Gasteiger partial charge in [-0.05, 0) is 40.6 Å². The summed E-state index contributed by atoms with van der Waals surface area (Å²) in [6.45, 7) is 7.03. The van der Waals surface area contributed by atoms with E-state index >= 15 is 0 Å². The Bertz CT molecular complexity index is 558. The average Bonchev–Trinajstić information content (AvgIpc) is 2.89. The van der Waals surface area contributed by atoms with Crippen LogP contribution in [0.1, 0.15) is 19.4 Å². The second-order valence-electron chi connectivity index (χ2n) is 5.20. The largest absolute Gasteiger partial charge is 0.315 e. The molecule has 5 nitrogen and oxygen atoms in total. The minimum absolute atomic E-state index is 0.649. The molecule has 0 radical (unpaired) electrons. The Hall–Kier alpha value is -1.11. The first-order valence-electron chi connectivity index (χ1n) is 6.99. The van der Waals surface area contributed by atoms with Crippen molar-refractivity contribution in [3.05, 3.63) is 34.9 Å². The lowest BCUT2D eigenvalue weighted by Gasteiger charge is -2.08. The lowest BCUT2D eigenvalue weighted by atomic mass is 10.2. The van der Waals surface area contributed by atoms with Crippen LogP contribution < -0.4 is 5.32 Å². The van der Waals surface area contributed by atoms with Gasteiger partial charge >= 0.3 is 0 Å². The third-order valence-corrected chi connectivity index (χ3v) is 4.07. The Morgan fingerprint density at radius 1 is 1.38 bits per heavy atom. The molecule has 0 bridgehead atoms. The van der Waals surface area contributed by atoms with E-state index < -0.39 is 0 Å². The molecule has 0 unspecified atom stereocenters. The van der Waals surface area contributed by atoms with Crippen LogP contribution in [0.5, 0.6) is 0 Å². The zero-order chi connectivity index (χ0) is 15.1. The molecule has 1 heterocycles. The molecule has 0 aliphatic heterocycles. The first-order chi connectivity index (χ1) is 10.1. The van der Waals surface area contributed by atoms with Crippen molar-refractivity contribution >= 4 is 23.4 Å². The number of nitrogens with zero attached hydrogens (tertiary/aromatic N) is 4. The molecule has 0 spiro atoms. The highest BCUT2D eigenvalue weighted by Crippen LogP contribution is 2.21. The molecule has 21 heavy (non-hydrogen) atoms. The fraction of sp³-hybridized carbons (Fsp3) is 0.500. The molecule has 0 aliphatic rings. The lowest BCUT2D eigenvalue weighted by Crippen LogP contribution is -2.24. The van der Waals surface area contributed by atoms with Gasteiger partial charge in [0.05, 0.1) is 6.54 Å². The van der Waals surface area contributed by atoms with E-state index in [9.17, 15) is 0 Å². The maximum atomic E-state index is 5.98. The molecule has 0 atom stereocenters. The van der Waals surface area contributed by atoms with Gasteiger partial charge in [-0.3, -0.25) is 0 Å². The number of hydrogen-bond donors (Lipinski definition) is 1. The minimum atomic E-state index is 0.649. The van der Waals surface area contributed by atoms with Crippen LogP contribution in [0.15, 0.2) is 29.4 Å². The monoisotopic (exact) mass is 325 g/mol. The summed E-state index contributed by atoms with van der Waals surface area (Å²) in [4.78, 5) is 0. The zero-order valence-corrected chi connectivity index (χ0v) is 13.9. The second-order valence-corrected chi connectivity index (χ2v) is 6.58. The van der Waals surface area contributed by atoms with Gasteiger partial charge in [-0.2, -0.15) is 0 Å². The topological polar surface area (TPSA) is 55.6 Å². The van der Waals surface area contributed by atoms with Gasteiger partial charge in [0.25, 0.3) is 0 Å². The first-order valence-corrected chi connectivity index (χ1v) is 8.35. The molecular formula is C14H20ClN5S. The summed E-state index contributed by atoms with van der Waals surface area (Å²) < 4.78 is 1.84. The van der Waals surface area contributed by atoms with Gasteiger partial charge in [0.1, 0.15) is 0 Å². The maximum Gasteiger partial charge on any atom is 0.209 e. The van der Waals surface area contributed by atoms with Crippen LogP contribution in [0.2, 0.25) is 5.02 Å². The van der Waals surface area contributed by atoms with Crippen LogP contribution in [0.4, 0.5) is 0 Å². The minimum Gasteiger partial charge on any atom is -0.315 e. The second kappa shape index (κ2) is 8.36. The van der Waals surface area contributed by atoms with E-state index in [2.05, 4.69) is 40.8 Å². The first kappa shape index (κ1) is 16.3. The third-order valence-electron chi connectivity index (χ3n) is 2.81. The van der Waals surface area contributed by atoms with Crippen molar-refractivity contribution in [2.75, 3.05) is 13.1 Å². The Balaban J connectivity index is 1.82. The molecule has 0 saturated heterocycles. The molecule has 0 saturated carbocycles. The summed E-state index contributed by atoms with van der Waals surface area (Å²) >= 11 is 7.60. The molecule has 0 fully saturated rings. The van der Waals surface area contributed by atoms with Crippen molar-refractivity contribution in [2.45, 2.75) is 31.3 Å². The molecule has 1 aromatic carbocycles. The van der Waals surface area contributed by atoms with Gasteiger partial charge in [-0.1, -0.05) is 49.3 Å². The third kappa shape index (κ3) is 5.65. The SMILES string of the molecule is CC(C)CNCCn1nnnc1SCc1cccc(Cl)c1. The van der Waals surface area contributed by atoms with E-state index in [4.69, 9.17) is 11.6 Å². The smallest absolute Gasteiger partial charge is 0.209 e. The molecular weight excluding hydrogens is 306 g/mol. The number of hydrogen-bond acceptors (Lipinski definition) is 5. The normalized spacial score (nSPS) is 11.2. The van der Waals surface area contributed by atoms with Crippen molar-refractivity contribution in [2.24, 2.45) is 5.92 Å². The van der Waals surface area contributed by atoms with Crippen LogP contribution in [0, 0.1) is 5.92 Å². The highest BCUT2D eigenvalue weighted by Gasteiger charge is 2.07. The fourth-order valence-corrected chi connectivity index (χ4v) is 2.85. The number of rotatable bonds is 8. The summed E-state index contributed by atoms with van der Waals surface area (Å²) in [6, 6.07) is 7.85. The Morgan fingerprint density at radius 3 is 3.00 bits per heavy atom. The Labute approximate surface area is 134 Å². The number of benzene rings is 1. The van der Waals surface area contributed by atoms with Gasteiger partial charge in [0.2, 0.25) is 5.16 Å². The summed E-state index contributed by atoms with van der Waals surface area (Å²) in [5.41, 5.74) is 1.17. The van der Waals surface area contributed by atoms with E-state index in [0.29, 0.717) is 5.92 Å². The number of tetrazole rings is 1. The molecule has 0 amide bonds. The molecule has 2 rings (SSSR count). The molecule has 114 valence electrons. The zero-order valence-electron chi connectivity index (χ0n) is 12.3. The Morgan fingerprint density at radius 2 is 2.24 bits per heavy atom. The summed E-state index contributed by atoms with van der Waals surface area (Å²) in [6.07, 6.45) is 0. The standard InChI is InChI=1S/C14H20ClN5S/c1-11(2)9-16-6-7-20-14(17-18-19-20)21-10-12-4-3-5-13(15)8-12/h3-5,8,11,16H,6-7,9-10H2,1-2H3. The summed E-state index contributed by atoms with van der Waals surface area (Å²) in [7, 11) is 0. The van der Waals surface area contributed by atoms with Crippen molar-refractivity contribution in [3.8, 4) is 0 Å². The molecule has 2 aromatic rings. The van der Waals surface area contributed by atoms with E-state index in [0.717, 1.165) is 35.6 Å². The van der Waals surface area contributed by atoms with Crippen molar-refractivity contribution < 1.29 is 0 Å². The molecule has 7 heteroatoms. The average molecular weight is 326 g/mol. The van der Waals surface area contributed by atoms with Crippen molar-refractivity contribution in [1.29, 1.82) is 0 Å². The van der Waals surface area contributed by atoms with E-state index in [1.807, 2.05) is 22.9 Å². The van der Waals surface area contributed by atoms with Crippen molar-refractivity contribution in [1.82, 2.24) is 25.5 Å². The fourth-order valence-electron chi connectivity index (χ4n) is 1.79. The quantitative estimate of drug-likeness (QED) is 0.597. The maximum absolute atomic E-state index is 5.98. The van der Waals surface area contributed by atoms with Gasteiger partial charge < -0.3 is 5.32 Å². The summed E-state index contributed by atoms with van der Waals surface area (Å²) in [5.74, 6) is 1.45. The van der Waals surface area contributed by atoms with Gasteiger partial charge in [-0.25, -0.2) is 4.68 Å². The molecule has 0 aliphatic carbocycles. The highest BCUT2D eigenvalue weighted by atomic mass is 35.5. The number of thioether (sulfide) groups is 1. The van der Waals surface area contributed by atoms with Gasteiger partial charge in [0, 0.05) is 17.3 Å². The predicted octanol–water partition coefficient (Wildman–Crippen LogP) is 2.86. The molecule has 1 N–H and O–H groups in total. The van der Waals surface area contributed by atoms with E-state index in [1.54, 1.807) is 11.8 Å². The van der Waals surface area contributed by atoms with Crippen LogP contribution in [0.25, 0.3) is 0 Å². The van der Waals surface area contributed by atoms with Crippen LogP contribution in [-0.2, 0) is 12.3 Å². The van der Waals surface area contributed by atoms with Crippen LogP contribution >= 0.6 is 23.4 Å². The van der Waals surface area contributed by atoms with Crippen molar-refractivity contribution in [3.63, 3.8) is 0 Å². The van der Waals surface area contributed by atoms with Gasteiger partial charge in [-0.15, -0.1) is 5.10 Å². The number of halogens is 1. The van der Waals surface area contributed by atoms with Crippen LogP contribution in [0.3, 0.4) is 0 Å². The number of nitrogens with one attached hydrogen (secondary N) is 1. The number of aromatic nitrogens is 4. The van der Waals surface area contributed by atoms with Gasteiger partial charge in [0.15, 0.2) is 0 Å². The lowest BCUT2D eigenvalue weighted by molar-refractivity contribution is 0.482. The molecule has 1 aromatic heterocycles. The summed E-state index contributed by atoms with van der Waals surface area (Å²) in [5, 5.41) is 16.8. The van der Waals surface area contributed by atoms with E-state index in [-0.39, 0.29) is 0 Å². The predicted molar refractivity (Wildman–Crippen MR) is 86.5 cm³/mol. The van der Waals surface area contributed by atoms with Crippen LogP contribution in [-0.4, -0.2) is 33.3 Å². The highest BCUT2D eigenvalue weighted by molar-refractivity contribution is 7.98. The Kier molecular flexibility index (Phi) is 6.48.